The van der Waals surface area contributed by atoms with Crippen molar-refractivity contribution in [2.45, 2.75) is 65.3 Å². The third kappa shape index (κ3) is 6.50. The first-order valence-corrected chi connectivity index (χ1v) is 15.6. The number of anilines is 2. The molecule has 44 heavy (non-hydrogen) atoms. The Morgan fingerprint density at radius 1 is 0.841 bits per heavy atom. The van der Waals surface area contributed by atoms with E-state index in [1.807, 2.05) is 48.7 Å². The van der Waals surface area contributed by atoms with Gasteiger partial charge < -0.3 is 5.32 Å². The van der Waals surface area contributed by atoms with Gasteiger partial charge in [0.05, 0.1) is 29.0 Å². The molecule has 1 fully saturated rings. The van der Waals surface area contributed by atoms with Crippen molar-refractivity contribution in [2.75, 3.05) is 23.7 Å². The molecule has 1 saturated heterocycles. The van der Waals surface area contributed by atoms with Crippen LogP contribution in [0.15, 0.2) is 79.1 Å². The van der Waals surface area contributed by atoms with E-state index in [0.29, 0.717) is 5.82 Å². The van der Waals surface area contributed by atoms with Crippen LogP contribution in [0.1, 0.15) is 64.0 Å². The zero-order valence-corrected chi connectivity index (χ0v) is 26.1. The van der Waals surface area contributed by atoms with Crippen molar-refractivity contribution in [1.29, 1.82) is 0 Å². The van der Waals surface area contributed by atoms with Crippen LogP contribution in [0.3, 0.4) is 0 Å². The van der Waals surface area contributed by atoms with Gasteiger partial charge in [-0.15, -0.1) is 0 Å². The number of nitrogens with zero attached hydrogens (tertiary/aromatic N) is 5. The molecule has 8 nitrogen and oxygen atoms in total. The van der Waals surface area contributed by atoms with E-state index in [4.69, 9.17) is 10.1 Å². The van der Waals surface area contributed by atoms with E-state index < -0.39 is 0 Å². The number of aryl methyl sites for hydroxylation is 1. The number of pyridine rings is 2. The summed E-state index contributed by atoms with van der Waals surface area (Å²) in [6.07, 6.45) is 8.49. The smallest absolute Gasteiger partial charge is 0.307 e. The average Bonchev–Trinajstić information content (AvgIpc) is 3.46. The summed E-state index contributed by atoms with van der Waals surface area (Å²) in [7, 11) is 0. The van der Waals surface area contributed by atoms with E-state index >= 15 is 0 Å². The Hall–Kier alpha value is -4.56. The van der Waals surface area contributed by atoms with Gasteiger partial charge in [0.25, 0.3) is 0 Å². The van der Waals surface area contributed by atoms with E-state index in [-0.39, 0.29) is 11.4 Å². The fraction of sp³-hybridized carbons (Fsp3) is 0.333. The second kappa shape index (κ2) is 12.6. The minimum atomic E-state index is -0.341. The third-order valence-electron chi connectivity index (χ3n) is 8.28. The molecule has 0 radical (unpaired) electrons. The van der Waals surface area contributed by atoms with Gasteiger partial charge in [0.15, 0.2) is 0 Å². The van der Waals surface area contributed by atoms with Gasteiger partial charge in [0.2, 0.25) is 0 Å². The fourth-order valence-electron chi connectivity index (χ4n) is 5.74. The topological polar surface area (TPSA) is 88.0 Å². The van der Waals surface area contributed by atoms with Gasteiger partial charge in [-0.25, -0.2) is 9.48 Å². The summed E-state index contributed by atoms with van der Waals surface area (Å²) in [5, 5.41) is 13.0. The number of hydrogen-bond donors (Lipinski definition) is 2. The lowest BCUT2D eigenvalue weighted by molar-refractivity contribution is 0.218. The lowest BCUT2D eigenvalue weighted by Gasteiger charge is -2.25. The Labute approximate surface area is 259 Å². The first-order valence-electron chi connectivity index (χ1n) is 15.6. The maximum Gasteiger partial charge on any atom is 0.324 e. The summed E-state index contributed by atoms with van der Waals surface area (Å²) in [5.74, 6) is 0.579. The second-order valence-electron chi connectivity index (χ2n) is 12.6. The minimum Gasteiger partial charge on any atom is -0.307 e. The van der Waals surface area contributed by atoms with Crippen LogP contribution >= 0.6 is 0 Å². The maximum absolute atomic E-state index is 13.4. The number of carbonyl (C=O) groups excluding carboxylic acids is 1. The molecule has 2 amide bonds. The fourth-order valence-corrected chi connectivity index (χ4v) is 5.74. The Bertz CT molecular complexity index is 1740. The van der Waals surface area contributed by atoms with E-state index in [2.05, 4.69) is 72.5 Å². The van der Waals surface area contributed by atoms with Crippen LogP contribution in [0, 0.1) is 0 Å². The monoisotopic (exact) mass is 587 g/mol. The first kappa shape index (κ1) is 29.5. The average molecular weight is 588 g/mol. The van der Waals surface area contributed by atoms with Gasteiger partial charge >= 0.3 is 6.03 Å². The number of aromatic nitrogens is 4. The molecule has 2 aromatic carbocycles. The van der Waals surface area contributed by atoms with Crippen LogP contribution in [0.4, 0.5) is 16.3 Å². The maximum atomic E-state index is 13.4. The molecule has 0 saturated carbocycles. The molecule has 0 atom stereocenters. The standard InChI is InChI=1S/C36H41N7O/c1-5-26-15-16-28(23-38-26)43-34(21-33(41-43)36(2,3)4)40-35(44)39-32-18-17-29(30-11-7-8-12-31(30)32)25-13-14-27(37-22-25)24-42-19-9-6-10-20-42/h7-8,11-18,21-23H,5-6,9-10,19-20,24H2,1-4H3,(H2,39,40,44). The van der Waals surface area contributed by atoms with E-state index in [1.54, 1.807) is 10.9 Å². The van der Waals surface area contributed by atoms with Crippen molar-refractivity contribution >= 4 is 28.3 Å². The molecule has 8 heteroatoms. The largest absolute Gasteiger partial charge is 0.324 e. The van der Waals surface area contributed by atoms with Crippen molar-refractivity contribution in [3.8, 4) is 16.8 Å². The quantitative estimate of drug-likeness (QED) is 0.202. The van der Waals surface area contributed by atoms with Crippen LogP contribution in [0.2, 0.25) is 0 Å². The van der Waals surface area contributed by atoms with Crippen LogP contribution < -0.4 is 10.6 Å². The molecule has 0 aliphatic carbocycles. The van der Waals surface area contributed by atoms with Gasteiger partial charge in [0.1, 0.15) is 5.82 Å². The Morgan fingerprint density at radius 3 is 2.27 bits per heavy atom. The number of rotatable bonds is 7. The zero-order valence-electron chi connectivity index (χ0n) is 26.1. The molecule has 0 bridgehead atoms. The molecule has 3 aromatic heterocycles. The first-order chi connectivity index (χ1) is 21.3. The van der Waals surface area contributed by atoms with Gasteiger partial charge in [-0.05, 0) is 67.6 Å². The number of piperidine rings is 1. The zero-order chi connectivity index (χ0) is 30.7. The van der Waals surface area contributed by atoms with Crippen molar-refractivity contribution in [1.82, 2.24) is 24.6 Å². The molecule has 1 aliphatic rings. The van der Waals surface area contributed by atoms with E-state index in [9.17, 15) is 4.79 Å². The van der Waals surface area contributed by atoms with E-state index in [0.717, 1.165) is 76.4 Å². The number of likely N-dealkylation sites (tertiary alicyclic amines) is 1. The Morgan fingerprint density at radius 2 is 1.59 bits per heavy atom. The van der Waals surface area contributed by atoms with Gasteiger partial charge in [0, 0.05) is 40.9 Å². The molecule has 1 aliphatic heterocycles. The molecule has 2 N–H and O–H groups in total. The summed E-state index contributed by atoms with van der Waals surface area (Å²) in [4.78, 5) is 25.3. The Kier molecular flexibility index (Phi) is 8.44. The summed E-state index contributed by atoms with van der Waals surface area (Å²) in [6.45, 7) is 11.6. The minimum absolute atomic E-state index is 0.193. The second-order valence-corrected chi connectivity index (χ2v) is 12.6. The molecule has 226 valence electrons. The molecule has 0 spiro atoms. The van der Waals surface area contributed by atoms with Gasteiger partial charge in [-0.2, -0.15) is 5.10 Å². The van der Waals surface area contributed by atoms with Crippen molar-refractivity contribution < 1.29 is 4.79 Å². The number of fused-ring (bicyclic) bond motifs is 1. The highest BCUT2D eigenvalue weighted by Crippen LogP contribution is 2.34. The number of benzene rings is 2. The summed E-state index contributed by atoms with van der Waals surface area (Å²) in [5.41, 5.74) is 6.44. The number of hydrogen-bond acceptors (Lipinski definition) is 5. The predicted molar refractivity (Wildman–Crippen MR) is 178 cm³/mol. The molecule has 5 aromatic rings. The Balaban J connectivity index is 1.24. The lowest BCUT2D eigenvalue weighted by Crippen LogP contribution is -2.29. The number of urea groups is 1. The van der Waals surface area contributed by atoms with E-state index in [1.165, 1.54) is 19.3 Å². The highest BCUT2D eigenvalue weighted by molar-refractivity contribution is 6.09. The van der Waals surface area contributed by atoms with Crippen LogP contribution in [0.25, 0.3) is 27.6 Å². The highest BCUT2D eigenvalue weighted by atomic mass is 16.2. The van der Waals surface area contributed by atoms with Crippen molar-refractivity contribution in [3.05, 3.63) is 96.2 Å². The summed E-state index contributed by atoms with van der Waals surface area (Å²) in [6, 6.07) is 22.0. The molecule has 4 heterocycles. The van der Waals surface area contributed by atoms with Gasteiger partial charge in [-0.1, -0.05) is 70.5 Å². The number of nitrogens with one attached hydrogen (secondary N) is 2. The number of carbonyl (C=O) groups is 1. The van der Waals surface area contributed by atoms with Crippen molar-refractivity contribution in [2.24, 2.45) is 0 Å². The third-order valence-corrected chi connectivity index (χ3v) is 8.28. The lowest BCUT2D eigenvalue weighted by atomic mass is 9.92. The molecular formula is C36H41N7O. The van der Waals surface area contributed by atoms with Gasteiger partial charge in [-0.3, -0.25) is 20.2 Å². The predicted octanol–water partition coefficient (Wildman–Crippen LogP) is 7.97. The normalized spacial score (nSPS) is 14.1. The summed E-state index contributed by atoms with van der Waals surface area (Å²) < 4.78 is 1.75. The molecular weight excluding hydrogens is 546 g/mol. The van der Waals surface area contributed by atoms with Crippen LogP contribution in [-0.2, 0) is 18.4 Å². The SMILES string of the molecule is CCc1ccc(-n2nc(C(C)(C)C)cc2NC(=O)Nc2ccc(-c3ccc(CN4CCCCC4)nc3)c3ccccc23)cn1. The highest BCUT2D eigenvalue weighted by Gasteiger charge is 2.22. The van der Waals surface area contributed by atoms with Crippen LogP contribution in [-0.4, -0.2) is 43.8 Å². The molecule has 0 unspecified atom stereocenters. The van der Waals surface area contributed by atoms with Crippen LogP contribution in [0.5, 0.6) is 0 Å². The van der Waals surface area contributed by atoms with Crippen molar-refractivity contribution in [3.63, 3.8) is 0 Å². The molecule has 6 rings (SSSR count). The number of amides is 2. The summed E-state index contributed by atoms with van der Waals surface area (Å²) >= 11 is 0.